The minimum absolute atomic E-state index is 0.679. The van der Waals surface area contributed by atoms with E-state index in [2.05, 4.69) is 10.7 Å². The van der Waals surface area contributed by atoms with E-state index in [-0.39, 0.29) is 0 Å². The number of nitrogens with one attached hydrogen (secondary N) is 2. The van der Waals surface area contributed by atoms with Crippen molar-refractivity contribution >= 4 is 0 Å². The molecule has 0 aliphatic carbocycles. The fraction of sp³-hybridized carbons (Fsp3) is 1.00. The average Bonchev–Trinajstić information content (AvgIpc) is 1.89. The van der Waals surface area contributed by atoms with Gasteiger partial charge in [0, 0.05) is 13.1 Å². The van der Waals surface area contributed by atoms with E-state index in [0.29, 0.717) is 13.2 Å². The summed E-state index contributed by atoms with van der Waals surface area (Å²) in [5.74, 6) is 5.00. The van der Waals surface area contributed by atoms with Crippen LogP contribution in [0.25, 0.3) is 0 Å². The Bertz CT molecular complexity index is 45.5. The van der Waals surface area contributed by atoms with E-state index in [9.17, 15) is 0 Å². The van der Waals surface area contributed by atoms with Gasteiger partial charge in [0.15, 0.2) is 0 Å². The zero-order valence-corrected chi connectivity index (χ0v) is 5.81. The van der Waals surface area contributed by atoms with Gasteiger partial charge in [0.1, 0.15) is 0 Å². The van der Waals surface area contributed by atoms with Crippen LogP contribution in [-0.4, -0.2) is 33.4 Å². The normalized spacial score (nSPS) is 10.0. The smallest absolute Gasteiger partial charge is 0.0605 e. The van der Waals surface area contributed by atoms with Gasteiger partial charge in [-0.2, -0.15) is 0 Å². The standard InChI is InChI=1S/C5H15N3O/c1-7-2-4-9-5-3-8-6/h7-8H,2-6H2,1H3. The van der Waals surface area contributed by atoms with Crippen molar-refractivity contribution in [2.24, 2.45) is 5.84 Å². The van der Waals surface area contributed by atoms with Crippen LogP contribution in [0.5, 0.6) is 0 Å². The molecule has 0 aromatic rings. The third-order valence-corrected chi connectivity index (χ3v) is 0.887. The number of likely N-dealkylation sites (N-methyl/N-ethyl adjacent to an activating group) is 1. The molecule has 4 nitrogen and oxygen atoms in total. The summed E-state index contributed by atoms with van der Waals surface area (Å²) in [6, 6.07) is 0. The first-order chi connectivity index (χ1) is 4.41. The molecule has 4 heteroatoms. The van der Waals surface area contributed by atoms with Crippen molar-refractivity contribution in [3.8, 4) is 0 Å². The van der Waals surface area contributed by atoms with Crippen molar-refractivity contribution in [2.75, 3.05) is 33.4 Å². The van der Waals surface area contributed by atoms with Crippen molar-refractivity contribution in [3.63, 3.8) is 0 Å². The van der Waals surface area contributed by atoms with E-state index in [1.165, 1.54) is 0 Å². The maximum absolute atomic E-state index is 5.11. The number of hydrogen-bond donors (Lipinski definition) is 3. The Balaban J connectivity index is 2.60. The lowest BCUT2D eigenvalue weighted by Crippen LogP contribution is -2.27. The highest BCUT2D eigenvalue weighted by molar-refractivity contribution is 4.37. The van der Waals surface area contributed by atoms with Crippen molar-refractivity contribution in [3.05, 3.63) is 0 Å². The largest absolute Gasteiger partial charge is 0.379 e. The number of hydrogen-bond acceptors (Lipinski definition) is 4. The van der Waals surface area contributed by atoms with Crippen LogP contribution in [0.2, 0.25) is 0 Å². The van der Waals surface area contributed by atoms with E-state index in [0.717, 1.165) is 13.2 Å². The molecule has 0 saturated heterocycles. The topological polar surface area (TPSA) is 59.3 Å². The van der Waals surface area contributed by atoms with Gasteiger partial charge in [-0.1, -0.05) is 0 Å². The van der Waals surface area contributed by atoms with Crippen LogP contribution in [0.4, 0.5) is 0 Å². The molecular weight excluding hydrogens is 118 g/mol. The van der Waals surface area contributed by atoms with Gasteiger partial charge in [-0.15, -0.1) is 0 Å². The van der Waals surface area contributed by atoms with Crippen molar-refractivity contribution in [1.82, 2.24) is 10.7 Å². The maximum atomic E-state index is 5.11. The van der Waals surface area contributed by atoms with Crippen molar-refractivity contribution in [2.45, 2.75) is 0 Å². The molecule has 56 valence electrons. The second-order valence-corrected chi connectivity index (χ2v) is 1.67. The summed E-state index contributed by atoms with van der Waals surface area (Å²) in [5, 5.41) is 2.97. The third kappa shape index (κ3) is 7.84. The molecule has 0 unspecified atom stereocenters. The molecule has 0 saturated carbocycles. The second-order valence-electron chi connectivity index (χ2n) is 1.67. The Kier molecular flexibility index (Phi) is 7.70. The van der Waals surface area contributed by atoms with Gasteiger partial charge < -0.3 is 10.1 Å². The molecule has 0 radical (unpaired) electrons. The van der Waals surface area contributed by atoms with Gasteiger partial charge >= 0.3 is 0 Å². The van der Waals surface area contributed by atoms with Gasteiger partial charge in [0.25, 0.3) is 0 Å². The molecular formula is C5H15N3O. The van der Waals surface area contributed by atoms with E-state index in [4.69, 9.17) is 10.6 Å². The van der Waals surface area contributed by atoms with Crippen LogP contribution in [0, 0.1) is 0 Å². The maximum Gasteiger partial charge on any atom is 0.0605 e. The van der Waals surface area contributed by atoms with E-state index in [1.54, 1.807) is 0 Å². The zero-order chi connectivity index (χ0) is 6.95. The van der Waals surface area contributed by atoms with Crippen molar-refractivity contribution < 1.29 is 4.74 Å². The summed E-state index contributed by atoms with van der Waals surface area (Å²) >= 11 is 0. The molecule has 0 bridgehead atoms. The molecule has 0 aromatic heterocycles. The van der Waals surface area contributed by atoms with Gasteiger partial charge in [-0.3, -0.25) is 11.3 Å². The molecule has 0 aliphatic rings. The highest BCUT2D eigenvalue weighted by Gasteiger charge is 1.83. The Labute approximate surface area is 55.7 Å². The predicted molar refractivity (Wildman–Crippen MR) is 36.9 cm³/mol. The molecule has 0 rings (SSSR count). The molecule has 0 heterocycles. The molecule has 0 atom stereocenters. The molecule has 0 fully saturated rings. The van der Waals surface area contributed by atoms with Crippen LogP contribution in [-0.2, 0) is 4.74 Å². The lowest BCUT2D eigenvalue weighted by Gasteiger charge is -2.01. The van der Waals surface area contributed by atoms with E-state index in [1.807, 2.05) is 7.05 Å². The quantitative estimate of drug-likeness (QED) is 0.239. The molecule has 0 amide bonds. The number of rotatable bonds is 6. The third-order valence-electron chi connectivity index (χ3n) is 0.887. The Hall–Kier alpha value is -0.160. The van der Waals surface area contributed by atoms with Crippen LogP contribution >= 0.6 is 0 Å². The summed E-state index contributed by atoms with van der Waals surface area (Å²) in [5.41, 5.74) is 2.50. The first-order valence-corrected chi connectivity index (χ1v) is 3.07. The SMILES string of the molecule is CNCCOCCNN. The van der Waals surface area contributed by atoms with Crippen LogP contribution in [0.15, 0.2) is 0 Å². The fourth-order valence-electron chi connectivity index (χ4n) is 0.407. The van der Waals surface area contributed by atoms with E-state index < -0.39 is 0 Å². The highest BCUT2D eigenvalue weighted by Crippen LogP contribution is 1.68. The summed E-state index contributed by atoms with van der Waals surface area (Å²) in [7, 11) is 1.89. The first kappa shape index (κ1) is 8.84. The second kappa shape index (κ2) is 7.84. The van der Waals surface area contributed by atoms with Crippen LogP contribution in [0.3, 0.4) is 0 Å². The molecule has 9 heavy (non-hydrogen) atoms. The molecule has 0 aromatic carbocycles. The van der Waals surface area contributed by atoms with E-state index >= 15 is 0 Å². The Morgan fingerprint density at radius 3 is 2.56 bits per heavy atom. The average molecular weight is 133 g/mol. The van der Waals surface area contributed by atoms with Gasteiger partial charge in [-0.25, -0.2) is 0 Å². The van der Waals surface area contributed by atoms with Gasteiger partial charge in [0.2, 0.25) is 0 Å². The van der Waals surface area contributed by atoms with Crippen LogP contribution < -0.4 is 16.6 Å². The predicted octanol–water partition coefficient (Wildman–Crippen LogP) is -1.31. The Morgan fingerprint density at radius 1 is 1.33 bits per heavy atom. The van der Waals surface area contributed by atoms with Gasteiger partial charge in [-0.05, 0) is 7.05 Å². The number of hydrazine groups is 1. The van der Waals surface area contributed by atoms with Crippen LogP contribution in [0.1, 0.15) is 0 Å². The minimum atomic E-state index is 0.679. The molecule has 0 spiro atoms. The van der Waals surface area contributed by atoms with Crippen molar-refractivity contribution in [1.29, 1.82) is 0 Å². The first-order valence-electron chi connectivity index (χ1n) is 3.07. The summed E-state index contributed by atoms with van der Waals surface area (Å²) in [6.45, 7) is 3.03. The molecule has 4 N–H and O–H groups in total. The number of ether oxygens (including phenoxy) is 1. The monoisotopic (exact) mass is 133 g/mol. The summed E-state index contributed by atoms with van der Waals surface area (Å²) in [6.07, 6.45) is 0. The highest BCUT2D eigenvalue weighted by atomic mass is 16.5. The van der Waals surface area contributed by atoms with Gasteiger partial charge in [0.05, 0.1) is 13.2 Å². The lowest BCUT2D eigenvalue weighted by atomic mass is 10.6. The molecule has 0 aliphatic heterocycles. The Morgan fingerprint density at radius 2 is 2.00 bits per heavy atom. The zero-order valence-electron chi connectivity index (χ0n) is 5.81. The fourth-order valence-corrected chi connectivity index (χ4v) is 0.407. The minimum Gasteiger partial charge on any atom is -0.379 e. The summed E-state index contributed by atoms with van der Waals surface area (Å²) in [4.78, 5) is 0. The number of nitrogens with two attached hydrogens (primary N) is 1. The summed E-state index contributed by atoms with van der Waals surface area (Å²) < 4.78 is 5.11. The lowest BCUT2D eigenvalue weighted by molar-refractivity contribution is 0.139.